The van der Waals surface area contributed by atoms with E-state index in [1.165, 1.54) is 30.5 Å². The molecule has 1 fully saturated rings. The molecule has 0 saturated carbocycles. The summed E-state index contributed by atoms with van der Waals surface area (Å²) < 4.78 is 0. The van der Waals surface area contributed by atoms with E-state index in [-0.39, 0.29) is 0 Å². The maximum Gasteiger partial charge on any atom is 0.0348 e. The van der Waals surface area contributed by atoms with Crippen molar-refractivity contribution in [3.8, 4) is 0 Å². The molecule has 1 aliphatic heterocycles. The molecule has 0 amide bonds. The molecule has 3 rings (SSSR count). The topological polar surface area (TPSA) is 29.3 Å². The first-order valence-electron chi connectivity index (χ1n) is 7.46. The number of likely N-dealkylation sites (tertiary alicyclic amines) is 1. The molecule has 1 aliphatic rings. The number of benzene rings is 2. The van der Waals surface area contributed by atoms with Crippen LogP contribution in [0, 0.1) is 0 Å². The highest BCUT2D eigenvalue weighted by molar-refractivity contribution is 5.40. The Balaban J connectivity index is 1.65. The van der Waals surface area contributed by atoms with Crippen LogP contribution in [0.2, 0.25) is 0 Å². The molecule has 104 valence electrons. The predicted octanol–water partition coefficient (Wildman–Crippen LogP) is 3.65. The van der Waals surface area contributed by atoms with Gasteiger partial charge in [-0.25, -0.2) is 0 Å². The minimum atomic E-state index is 0.569. The minimum Gasteiger partial charge on any atom is -0.399 e. The average molecular weight is 266 g/mol. The number of nitrogens with two attached hydrogens (primary N) is 1. The van der Waals surface area contributed by atoms with Gasteiger partial charge in [-0.3, -0.25) is 4.90 Å². The van der Waals surface area contributed by atoms with Crippen molar-refractivity contribution in [1.82, 2.24) is 4.90 Å². The summed E-state index contributed by atoms with van der Waals surface area (Å²) in [6.07, 6.45) is 3.69. The Morgan fingerprint density at radius 3 is 2.50 bits per heavy atom. The number of hydrogen-bond donors (Lipinski definition) is 1. The normalized spacial score (nSPS) is 19.3. The van der Waals surface area contributed by atoms with Crippen molar-refractivity contribution in [3.05, 3.63) is 65.7 Å². The second kappa shape index (κ2) is 6.10. The molecular formula is C18H22N2. The zero-order valence-electron chi connectivity index (χ0n) is 11.8. The molecule has 0 aromatic heterocycles. The first kappa shape index (κ1) is 13.2. The lowest BCUT2D eigenvalue weighted by molar-refractivity contribution is 0.260. The zero-order valence-corrected chi connectivity index (χ0v) is 11.8. The number of nitrogen functional groups attached to an aromatic ring is 1. The van der Waals surface area contributed by atoms with Crippen molar-refractivity contribution in [3.63, 3.8) is 0 Å². The molecule has 0 aliphatic carbocycles. The van der Waals surface area contributed by atoms with Crippen LogP contribution in [0.1, 0.15) is 30.0 Å². The van der Waals surface area contributed by atoms with E-state index in [1.807, 2.05) is 12.1 Å². The van der Waals surface area contributed by atoms with Crippen LogP contribution in [-0.4, -0.2) is 18.0 Å². The molecule has 1 saturated heterocycles. The maximum atomic E-state index is 5.78. The summed E-state index contributed by atoms with van der Waals surface area (Å²) in [7, 11) is 0. The van der Waals surface area contributed by atoms with E-state index >= 15 is 0 Å². The van der Waals surface area contributed by atoms with Gasteiger partial charge in [0.05, 0.1) is 0 Å². The fourth-order valence-electron chi connectivity index (χ4n) is 3.11. The first-order valence-corrected chi connectivity index (χ1v) is 7.46. The molecule has 2 nitrogen and oxygen atoms in total. The van der Waals surface area contributed by atoms with E-state index in [0.717, 1.165) is 18.7 Å². The Kier molecular flexibility index (Phi) is 4.03. The lowest BCUT2D eigenvalue weighted by Gasteiger charge is -2.25. The summed E-state index contributed by atoms with van der Waals surface area (Å²) in [6, 6.07) is 19.7. The minimum absolute atomic E-state index is 0.569. The summed E-state index contributed by atoms with van der Waals surface area (Å²) in [6.45, 7) is 2.35. The molecule has 1 atom stereocenters. The fourth-order valence-corrected chi connectivity index (χ4v) is 3.11. The van der Waals surface area contributed by atoms with Gasteiger partial charge in [0.2, 0.25) is 0 Å². The van der Waals surface area contributed by atoms with Crippen molar-refractivity contribution in [2.45, 2.75) is 25.3 Å². The van der Waals surface area contributed by atoms with E-state index in [0.29, 0.717) is 6.04 Å². The molecule has 0 spiro atoms. The highest BCUT2D eigenvalue weighted by Crippen LogP contribution is 2.32. The molecule has 0 radical (unpaired) electrons. The predicted molar refractivity (Wildman–Crippen MR) is 84.5 cm³/mol. The van der Waals surface area contributed by atoms with Crippen molar-refractivity contribution in [2.24, 2.45) is 0 Å². The smallest absolute Gasteiger partial charge is 0.0348 e. The van der Waals surface area contributed by atoms with Gasteiger partial charge < -0.3 is 5.73 Å². The lowest BCUT2D eigenvalue weighted by atomic mass is 10.0. The van der Waals surface area contributed by atoms with Crippen molar-refractivity contribution in [1.29, 1.82) is 0 Å². The van der Waals surface area contributed by atoms with Crippen molar-refractivity contribution < 1.29 is 0 Å². The number of hydrogen-bond acceptors (Lipinski definition) is 2. The second-order valence-electron chi connectivity index (χ2n) is 5.60. The molecule has 20 heavy (non-hydrogen) atoms. The van der Waals surface area contributed by atoms with Gasteiger partial charge in [0.15, 0.2) is 0 Å². The molecule has 2 aromatic carbocycles. The van der Waals surface area contributed by atoms with Gasteiger partial charge in [-0.1, -0.05) is 42.5 Å². The van der Waals surface area contributed by atoms with Gasteiger partial charge in [0, 0.05) is 18.3 Å². The quantitative estimate of drug-likeness (QED) is 0.856. The van der Waals surface area contributed by atoms with Gasteiger partial charge >= 0.3 is 0 Å². The number of rotatable bonds is 4. The van der Waals surface area contributed by atoms with E-state index in [9.17, 15) is 0 Å². The highest BCUT2D eigenvalue weighted by Gasteiger charge is 2.25. The fraction of sp³-hybridized carbons (Fsp3) is 0.333. The van der Waals surface area contributed by atoms with Gasteiger partial charge in [-0.2, -0.15) is 0 Å². The first-order chi connectivity index (χ1) is 9.83. The summed E-state index contributed by atoms with van der Waals surface area (Å²) in [5, 5.41) is 0. The third kappa shape index (κ3) is 3.02. The molecular weight excluding hydrogens is 244 g/mol. The van der Waals surface area contributed by atoms with Crippen LogP contribution >= 0.6 is 0 Å². The Bertz CT molecular complexity index is 533. The highest BCUT2D eigenvalue weighted by atomic mass is 15.2. The van der Waals surface area contributed by atoms with Gasteiger partial charge in [0.25, 0.3) is 0 Å². The van der Waals surface area contributed by atoms with Crippen molar-refractivity contribution >= 4 is 5.69 Å². The van der Waals surface area contributed by atoms with Crippen LogP contribution in [0.3, 0.4) is 0 Å². The Morgan fingerprint density at radius 1 is 1.00 bits per heavy atom. The van der Waals surface area contributed by atoms with Crippen LogP contribution in [0.5, 0.6) is 0 Å². The maximum absolute atomic E-state index is 5.78. The van der Waals surface area contributed by atoms with E-state index in [4.69, 9.17) is 5.73 Å². The van der Waals surface area contributed by atoms with Gasteiger partial charge in [-0.15, -0.1) is 0 Å². The van der Waals surface area contributed by atoms with E-state index < -0.39 is 0 Å². The monoisotopic (exact) mass is 266 g/mol. The Hall–Kier alpha value is -1.80. The molecule has 2 N–H and O–H groups in total. The number of nitrogens with zero attached hydrogens (tertiary/aromatic N) is 1. The van der Waals surface area contributed by atoms with Crippen LogP contribution in [0.25, 0.3) is 0 Å². The van der Waals surface area contributed by atoms with Crippen LogP contribution < -0.4 is 5.73 Å². The van der Waals surface area contributed by atoms with Crippen LogP contribution in [-0.2, 0) is 6.42 Å². The third-order valence-electron chi connectivity index (χ3n) is 4.22. The summed E-state index contributed by atoms with van der Waals surface area (Å²) in [4.78, 5) is 2.61. The Labute approximate surface area is 121 Å². The summed E-state index contributed by atoms with van der Waals surface area (Å²) in [5.74, 6) is 0. The standard InChI is InChI=1S/C18H22N2/c19-17-10-8-16(9-11-17)18-7-4-13-20(18)14-12-15-5-2-1-3-6-15/h1-3,5-6,8-11,18H,4,7,12-14,19H2. The van der Waals surface area contributed by atoms with Crippen LogP contribution in [0.15, 0.2) is 54.6 Å². The molecule has 0 bridgehead atoms. The largest absolute Gasteiger partial charge is 0.399 e. The average Bonchev–Trinajstić information content (AvgIpc) is 2.95. The molecule has 1 heterocycles. The number of anilines is 1. The van der Waals surface area contributed by atoms with Crippen LogP contribution in [0.4, 0.5) is 5.69 Å². The second-order valence-corrected chi connectivity index (χ2v) is 5.60. The molecule has 2 heteroatoms. The summed E-state index contributed by atoms with van der Waals surface area (Å²) in [5.41, 5.74) is 9.46. The van der Waals surface area contributed by atoms with Gasteiger partial charge in [-0.05, 0) is 49.1 Å². The van der Waals surface area contributed by atoms with Gasteiger partial charge in [0.1, 0.15) is 0 Å². The zero-order chi connectivity index (χ0) is 13.8. The Morgan fingerprint density at radius 2 is 1.75 bits per heavy atom. The van der Waals surface area contributed by atoms with Crippen molar-refractivity contribution in [2.75, 3.05) is 18.8 Å². The third-order valence-corrected chi connectivity index (χ3v) is 4.22. The summed E-state index contributed by atoms with van der Waals surface area (Å²) >= 11 is 0. The lowest BCUT2D eigenvalue weighted by Crippen LogP contribution is -2.25. The molecule has 1 unspecified atom stereocenters. The molecule has 2 aromatic rings. The van der Waals surface area contributed by atoms with E-state index in [2.05, 4.69) is 47.4 Å². The SMILES string of the molecule is Nc1ccc(C2CCCN2CCc2ccccc2)cc1. The van der Waals surface area contributed by atoms with E-state index in [1.54, 1.807) is 0 Å².